The molecule has 148 valence electrons. The van der Waals surface area contributed by atoms with Crippen LogP contribution in [0.25, 0.3) is 0 Å². The lowest BCUT2D eigenvalue weighted by Crippen LogP contribution is -2.51. The number of carbonyl (C=O) groups excluding carboxylic acids is 1. The van der Waals surface area contributed by atoms with Gasteiger partial charge in [-0.3, -0.25) is 19.6 Å². The molecular weight excluding hydrogens is 328 g/mol. The molecule has 7 heteroatoms. The first kappa shape index (κ1) is 19.4. The molecule has 1 saturated carbocycles. The first-order chi connectivity index (χ1) is 12.7. The Morgan fingerprint density at radius 3 is 2.46 bits per heavy atom. The van der Waals surface area contributed by atoms with Gasteiger partial charge < -0.3 is 15.5 Å². The van der Waals surface area contributed by atoms with E-state index in [4.69, 9.17) is 0 Å². The molecule has 1 amide bonds. The molecule has 0 aromatic rings. The maximum absolute atomic E-state index is 11.4. The van der Waals surface area contributed by atoms with Gasteiger partial charge in [-0.25, -0.2) is 0 Å². The zero-order chi connectivity index (χ0) is 18.4. The quantitative estimate of drug-likeness (QED) is 0.544. The number of aliphatic imine (C=N–C) groups is 1. The number of hydrogen-bond donors (Lipinski definition) is 2. The molecular formula is C19H36N6O. The standard InChI is InChI=1S/C19H36N6O/c1-16(26)24-13-11-23(12-14-24)10-8-21-19(20-2)22-17-7-9-25(15-17)18-5-3-4-6-18/h17-18H,3-15H2,1-2H3,(H2,20,21,22). The predicted molar refractivity (Wildman–Crippen MR) is 105 cm³/mol. The Hall–Kier alpha value is -1.34. The van der Waals surface area contributed by atoms with E-state index < -0.39 is 0 Å². The van der Waals surface area contributed by atoms with Gasteiger partial charge >= 0.3 is 0 Å². The van der Waals surface area contributed by atoms with Crippen molar-refractivity contribution < 1.29 is 4.79 Å². The Kier molecular flexibility index (Phi) is 7.14. The number of hydrogen-bond acceptors (Lipinski definition) is 4. The molecule has 0 aromatic heterocycles. The molecule has 3 aliphatic rings. The third-order valence-electron chi connectivity index (χ3n) is 6.16. The monoisotopic (exact) mass is 364 g/mol. The largest absolute Gasteiger partial charge is 0.355 e. The van der Waals surface area contributed by atoms with E-state index in [1.807, 2.05) is 11.9 Å². The molecule has 3 rings (SSSR count). The fraction of sp³-hybridized carbons (Fsp3) is 0.895. The molecule has 2 N–H and O–H groups in total. The number of likely N-dealkylation sites (tertiary alicyclic amines) is 1. The second kappa shape index (κ2) is 9.55. The van der Waals surface area contributed by atoms with Gasteiger partial charge in [-0.15, -0.1) is 0 Å². The highest BCUT2D eigenvalue weighted by atomic mass is 16.2. The topological polar surface area (TPSA) is 63.2 Å². The minimum Gasteiger partial charge on any atom is -0.355 e. The van der Waals surface area contributed by atoms with Crippen molar-refractivity contribution in [2.45, 2.75) is 51.1 Å². The highest BCUT2D eigenvalue weighted by Gasteiger charge is 2.30. The summed E-state index contributed by atoms with van der Waals surface area (Å²) in [7, 11) is 1.85. The summed E-state index contributed by atoms with van der Waals surface area (Å²) in [5.74, 6) is 1.11. The smallest absolute Gasteiger partial charge is 0.219 e. The van der Waals surface area contributed by atoms with Gasteiger partial charge in [-0.2, -0.15) is 0 Å². The van der Waals surface area contributed by atoms with Gasteiger partial charge in [0.1, 0.15) is 0 Å². The fourth-order valence-corrected chi connectivity index (χ4v) is 4.51. The minimum absolute atomic E-state index is 0.190. The van der Waals surface area contributed by atoms with Gasteiger partial charge in [0.05, 0.1) is 0 Å². The number of guanidine groups is 1. The molecule has 1 aliphatic carbocycles. The summed E-state index contributed by atoms with van der Waals surface area (Å²) in [5, 5.41) is 7.06. The van der Waals surface area contributed by atoms with Crippen molar-refractivity contribution in [2.75, 3.05) is 59.4 Å². The van der Waals surface area contributed by atoms with Gasteiger partial charge in [-0.05, 0) is 19.3 Å². The average molecular weight is 365 g/mol. The number of nitrogens with zero attached hydrogens (tertiary/aromatic N) is 4. The molecule has 2 heterocycles. The van der Waals surface area contributed by atoms with Crippen LogP contribution in [-0.4, -0.2) is 98.1 Å². The van der Waals surface area contributed by atoms with Crippen LogP contribution in [0.2, 0.25) is 0 Å². The van der Waals surface area contributed by atoms with Crippen molar-refractivity contribution in [2.24, 2.45) is 4.99 Å². The Bertz CT molecular complexity index is 482. The number of amides is 1. The molecule has 0 radical (unpaired) electrons. The molecule has 0 bridgehead atoms. The van der Waals surface area contributed by atoms with Crippen LogP contribution in [0.15, 0.2) is 4.99 Å². The Labute approximate surface area is 158 Å². The lowest BCUT2D eigenvalue weighted by atomic mass is 10.2. The summed E-state index contributed by atoms with van der Waals surface area (Å²) in [5.41, 5.74) is 0. The molecule has 3 fully saturated rings. The van der Waals surface area contributed by atoms with Crippen LogP contribution in [0.3, 0.4) is 0 Å². The highest BCUT2D eigenvalue weighted by Crippen LogP contribution is 2.26. The van der Waals surface area contributed by atoms with Crippen molar-refractivity contribution in [3.63, 3.8) is 0 Å². The van der Waals surface area contributed by atoms with Crippen LogP contribution in [-0.2, 0) is 4.79 Å². The number of piperazine rings is 1. The first-order valence-electron chi connectivity index (χ1n) is 10.3. The van der Waals surface area contributed by atoms with Crippen LogP contribution < -0.4 is 10.6 Å². The zero-order valence-electron chi connectivity index (χ0n) is 16.5. The Balaban J connectivity index is 1.32. The summed E-state index contributed by atoms with van der Waals surface area (Å²) >= 11 is 0. The zero-order valence-corrected chi connectivity index (χ0v) is 16.5. The van der Waals surface area contributed by atoms with Gasteiger partial charge in [-0.1, -0.05) is 12.8 Å². The van der Waals surface area contributed by atoms with Crippen molar-refractivity contribution in [1.29, 1.82) is 0 Å². The fourth-order valence-electron chi connectivity index (χ4n) is 4.51. The van der Waals surface area contributed by atoms with Crippen molar-refractivity contribution in [3.05, 3.63) is 0 Å². The molecule has 1 atom stereocenters. The SMILES string of the molecule is CN=C(NCCN1CCN(C(C)=O)CC1)NC1CCN(C2CCCC2)C1. The van der Waals surface area contributed by atoms with E-state index in [2.05, 4.69) is 25.4 Å². The second-order valence-electron chi connectivity index (χ2n) is 7.91. The van der Waals surface area contributed by atoms with Crippen molar-refractivity contribution >= 4 is 11.9 Å². The summed E-state index contributed by atoms with van der Waals surface area (Å²) in [6, 6.07) is 1.34. The molecule has 0 spiro atoms. The Morgan fingerprint density at radius 1 is 1.08 bits per heavy atom. The molecule has 2 saturated heterocycles. The van der Waals surface area contributed by atoms with Crippen molar-refractivity contribution in [1.82, 2.24) is 25.3 Å². The van der Waals surface area contributed by atoms with Gasteiger partial charge in [0, 0.05) is 78.4 Å². The third kappa shape index (κ3) is 5.33. The van der Waals surface area contributed by atoms with Gasteiger partial charge in [0.15, 0.2) is 5.96 Å². The maximum Gasteiger partial charge on any atom is 0.219 e. The molecule has 2 aliphatic heterocycles. The highest BCUT2D eigenvalue weighted by molar-refractivity contribution is 5.80. The predicted octanol–water partition coefficient (Wildman–Crippen LogP) is 0.332. The van der Waals surface area contributed by atoms with E-state index in [9.17, 15) is 4.79 Å². The van der Waals surface area contributed by atoms with Crippen LogP contribution >= 0.6 is 0 Å². The van der Waals surface area contributed by atoms with E-state index >= 15 is 0 Å². The van der Waals surface area contributed by atoms with Gasteiger partial charge in [0.2, 0.25) is 5.91 Å². The second-order valence-corrected chi connectivity index (χ2v) is 7.91. The van der Waals surface area contributed by atoms with Gasteiger partial charge in [0.25, 0.3) is 0 Å². The number of rotatable bonds is 5. The number of carbonyl (C=O) groups is 1. The van der Waals surface area contributed by atoms with Crippen LogP contribution in [0.4, 0.5) is 0 Å². The lowest BCUT2D eigenvalue weighted by molar-refractivity contribution is -0.130. The first-order valence-corrected chi connectivity index (χ1v) is 10.3. The maximum atomic E-state index is 11.4. The summed E-state index contributed by atoms with van der Waals surface area (Å²) in [6.45, 7) is 9.53. The number of nitrogens with one attached hydrogen (secondary N) is 2. The van der Waals surface area contributed by atoms with E-state index in [0.29, 0.717) is 6.04 Å². The van der Waals surface area contributed by atoms with E-state index in [1.165, 1.54) is 38.6 Å². The normalized spacial score (nSPS) is 26.5. The Morgan fingerprint density at radius 2 is 1.81 bits per heavy atom. The minimum atomic E-state index is 0.190. The van der Waals surface area contributed by atoms with Crippen molar-refractivity contribution in [3.8, 4) is 0 Å². The lowest BCUT2D eigenvalue weighted by Gasteiger charge is -2.34. The summed E-state index contributed by atoms with van der Waals surface area (Å²) in [6.07, 6.45) is 6.80. The molecule has 1 unspecified atom stereocenters. The van der Waals surface area contributed by atoms with E-state index in [-0.39, 0.29) is 5.91 Å². The third-order valence-corrected chi connectivity index (χ3v) is 6.16. The van der Waals surface area contributed by atoms with Crippen LogP contribution in [0.1, 0.15) is 39.0 Å². The van der Waals surface area contributed by atoms with E-state index in [0.717, 1.165) is 57.8 Å². The molecule has 7 nitrogen and oxygen atoms in total. The summed E-state index contributed by atoms with van der Waals surface area (Å²) in [4.78, 5) is 22.8. The molecule has 0 aromatic carbocycles. The van der Waals surface area contributed by atoms with E-state index in [1.54, 1.807) is 6.92 Å². The van der Waals surface area contributed by atoms with Crippen LogP contribution in [0, 0.1) is 0 Å². The van der Waals surface area contributed by atoms with Crippen LogP contribution in [0.5, 0.6) is 0 Å². The average Bonchev–Trinajstić information content (AvgIpc) is 3.33. The molecule has 26 heavy (non-hydrogen) atoms. The summed E-state index contributed by atoms with van der Waals surface area (Å²) < 4.78 is 0.